The van der Waals surface area contributed by atoms with Crippen molar-refractivity contribution in [2.45, 2.75) is 25.3 Å². The van der Waals surface area contributed by atoms with Gasteiger partial charge in [-0.1, -0.05) is 36.4 Å². The second-order valence-electron chi connectivity index (χ2n) is 5.58. The maximum atomic E-state index is 12.2. The molecule has 0 aliphatic rings. The van der Waals surface area contributed by atoms with Crippen molar-refractivity contribution < 1.29 is 19.8 Å². The zero-order valence-electron chi connectivity index (χ0n) is 13.8. The SMILES string of the molecule is C=CC[C@H](CC(=O)N[C@@H](CO)Cc1ccccc1)C(=O)NCCO. The van der Waals surface area contributed by atoms with Gasteiger partial charge in [-0.3, -0.25) is 9.59 Å². The molecule has 0 bridgehead atoms. The lowest BCUT2D eigenvalue weighted by Gasteiger charge is -2.19. The van der Waals surface area contributed by atoms with Crippen LogP contribution < -0.4 is 10.6 Å². The van der Waals surface area contributed by atoms with E-state index in [1.54, 1.807) is 6.08 Å². The average molecular weight is 334 g/mol. The van der Waals surface area contributed by atoms with Crippen molar-refractivity contribution in [2.24, 2.45) is 5.92 Å². The highest BCUT2D eigenvalue weighted by atomic mass is 16.3. The normalized spacial score (nSPS) is 12.9. The van der Waals surface area contributed by atoms with Crippen LogP contribution in [0.5, 0.6) is 0 Å². The zero-order chi connectivity index (χ0) is 17.8. The van der Waals surface area contributed by atoms with Gasteiger partial charge in [0.05, 0.1) is 25.2 Å². The molecule has 0 heterocycles. The van der Waals surface area contributed by atoms with Crippen LogP contribution in [0.1, 0.15) is 18.4 Å². The van der Waals surface area contributed by atoms with Crippen molar-refractivity contribution in [3.8, 4) is 0 Å². The van der Waals surface area contributed by atoms with E-state index in [4.69, 9.17) is 5.11 Å². The summed E-state index contributed by atoms with van der Waals surface area (Å²) in [7, 11) is 0. The molecule has 0 aliphatic heterocycles. The van der Waals surface area contributed by atoms with Gasteiger partial charge in [0.2, 0.25) is 11.8 Å². The summed E-state index contributed by atoms with van der Waals surface area (Å²) in [5, 5.41) is 23.5. The Kier molecular flexibility index (Phi) is 9.41. The van der Waals surface area contributed by atoms with E-state index in [0.717, 1.165) is 5.56 Å². The molecule has 0 saturated heterocycles. The summed E-state index contributed by atoms with van der Waals surface area (Å²) in [4.78, 5) is 24.2. The molecule has 1 aromatic carbocycles. The number of hydrogen-bond acceptors (Lipinski definition) is 4. The Morgan fingerprint density at radius 1 is 1.21 bits per heavy atom. The summed E-state index contributed by atoms with van der Waals surface area (Å²) in [5.41, 5.74) is 1.01. The topological polar surface area (TPSA) is 98.7 Å². The number of aliphatic hydroxyl groups excluding tert-OH is 2. The van der Waals surface area contributed by atoms with Gasteiger partial charge in [0, 0.05) is 13.0 Å². The second kappa shape index (κ2) is 11.4. The number of carbonyl (C=O) groups is 2. The molecule has 24 heavy (non-hydrogen) atoms. The first kappa shape index (κ1) is 19.9. The summed E-state index contributed by atoms with van der Waals surface area (Å²) < 4.78 is 0. The van der Waals surface area contributed by atoms with Crippen LogP contribution >= 0.6 is 0 Å². The average Bonchev–Trinajstić information content (AvgIpc) is 2.59. The third-order valence-electron chi connectivity index (χ3n) is 3.58. The smallest absolute Gasteiger partial charge is 0.224 e. The summed E-state index contributed by atoms with van der Waals surface area (Å²) in [6.07, 6.45) is 2.48. The number of allylic oxidation sites excluding steroid dienone is 1. The number of amides is 2. The van der Waals surface area contributed by atoms with E-state index in [1.807, 2.05) is 30.3 Å². The van der Waals surface area contributed by atoms with Crippen molar-refractivity contribution in [2.75, 3.05) is 19.8 Å². The number of nitrogens with one attached hydrogen (secondary N) is 2. The summed E-state index contributed by atoms with van der Waals surface area (Å²) in [6, 6.07) is 9.16. The fourth-order valence-electron chi connectivity index (χ4n) is 2.38. The Morgan fingerprint density at radius 3 is 2.50 bits per heavy atom. The second-order valence-corrected chi connectivity index (χ2v) is 5.58. The van der Waals surface area contributed by atoms with E-state index in [2.05, 4.69) is 17.2 Å². The molecule has 0 fully saturated rings. The molecule has 0 spiro atoms. The quantitative estimate of drug-likeness (QED) is 0.440. The molecule has 0 radical (unpaired) electrons. The molecule has 0 unspecified atom stereocenters. The Hall–Kier alpha value is -2.18. The minimum absolute atomic E-state index is 0.00850. The van der Waals surface area contributed by atoms with Crippen LogP contribution in [-0.2, 0) is 16.0 Å². The van der Waals surface area contributed by atoms with E-state index >= 15 is 0 Å². The van der Waals surface area contributed by atoms with E-state index in [-0.39, 0.29) is 38.0 Å². The molecule has 6 nitrogen and oxygen atoms in total. The standard InChI is InChI=1S/C18H26N2O4/c1-2-6-15(18(24)19-9-10-21)12-17(23)20-16(13-22)11-14-7-4-3-5-8-14/h2-5,7-8,15-16,21-22H,1,6,9-13H2,(H,19,24)(H,20,23)/t15-,16-/m1/s1. The summed E-state index contributed by atoms with van der Waals surface area (Å²) in [6.45, 7) is 3.43. The Labute approximate surface area is 142 Å². The number of carbonyl (C=O) groups excluding carboxylic acids is 2. The van der Waals surface area contributed by atoms with Crippen molar-refractivity contribution in [3.05, 3.63) is 48.6 Å². The van der Waals surface area contributed by atoms with E-state index < -0.39 is 12.0 Å². The molecular formula is C18H26N2O4. The molecule has 0 aliphatic carbocycles. The molecule has 2 amide bonds. The predicted octanol–water partition coefficient (Wildman–Crippen LogP) is 0.397. The van der Waals surface area contributed by atoms with Crippen molar-refractivity contribution in [3.63, 3.8) is 0 Å². The Bertz CT molecular complexity index is 519. The molecular weight excluding hydrogens is 308 g/mol. The van der Waals surface area contributed by atoms with Crippen LogP contribution in [0.25, 0.3) is 0 Å². The molecule has 132 valence electrons. The van der Waals surface area contributed by atoms with Gasteiger partial charge in [0.25, 0.3) is 0 Å². The molecule has 0 saturated carbocycles. The van der Waals surface area contributed by atoms with Gasteiger partial charge in [-0.05, 0) is 18.4 Å². The first-order valence-electron chi connectivity index (χ1n) is 8.04. The van der Waals surface area contributed by atoms with Crippen molar-refractivity contribution >= 4 is 11.8 Å². The molecule has 0 aromatic heterocycles. The first-order valence-corrected chi connectivity index (χ1v) is 8.04. The van der Waals surface area contributed by atoms with Crippen LogP contribution in [0, 0.1) is 5.92 Å². The zero-order valence-corrected chi connectivity index (χ0v) is 13.8. The molecule has 4 N–H and O–H groups in total. The number of benzene rings is 1. The van der Waals surface area contributed by atoms with Gasteiger partial charge in [-0.15, -0.1) is 6.58 Å². The first-order chi connectivity index (χ1) is 11.6. The third-order valence-corrected chi connectivity index (χ3v) is 3.58. The molecule has 1 aromatic rings. The number of aliphatic hydroxyl groups is 2. The lowest BCUT2D eigenvalue weighted by molar-refractivity contribution is -0.130. The van der Waals surface area contributed by atoms with Gasteiger partial charge in [0.15, 0.2) is 0 Å². The van der Waals surface area contributed by atoms with E-state index in [1.165, 1.54) is 0 Å². The van der Waals surface area contributed by atoms with Crippen LogP contribution in [0.2, 0.25) is 0 Å². The van der Waals surface area contributed by atoms with Crippen LogP contribution in [0.15, 0.2) is 43.0 Å². The summed E-state index contributed by atoms with van der Waals surface area (Å²) >= 11 is 0. The largest absolute Gasteiger partial charge is 0.395 e. The number of rotatable bonds is 11. The van der Waals surface area contributed by atoms with E-state index in [9.17, 15) is 14.7 Å². The summed E-state index contributed by atoms with van der Waals surface area (Å²) in [5.74, 6) is -1.12. The van der Waals surface area contributed by atoms with Crippen LogP contribution in [-0.4, -0.2) is 47.8 Å². The van der Waals surface area contributed by atoms with Crippen LogP contribution in [0.3, 0.4) is 0 Å². The van der Waals surface area contributed by atoms with Crippen LogP contribution in [0.4, 0.5) is 0 Å². The predicted molar refractivity (Wildman–Crippen MR) is 92.2 cm³/mol. The highest BCUT2D eigenvalue weighted by Gasteiger charge is 2.22. The highest BCUT2D eigenvalue weighted by molar-refractivity contribution is 5.86. The molecule has 2 atom stereocenters. The number of hydrogen-bond donors (Lipinski definition) is 4. The fourth-order valence-corrected chi connectivity index (χ4v) is 2.38. The lowest BCUT2D eigenvalue weighted by atomic mass is 9.99. The molecule has 6 heteroatoms. The maximum absolute atomic E-state index is 12.2. The van der Waals surface area contributed by atoms with Gasteiger partial charge in [-0.2, -0.15) is 0 Å². The van der Waals surface area contributed by atoms with Gasteiger partial charge in [-0.25, -0.2) is 0 Å². The Balaban J connectivity index is 2.56. The van der Waals surface area contributed by atoms with Gasteiger partial charge < -0.3 is 20.8 Å². The highest BCUT2D eigenvalue weighted by Crippen LogP contribution is 2.10. The van der Waals surface area contributed by atoms with Crippen molar-refractivity contribution in [1.82, 2.24) is 10.6 Å². The minimum Gasteiger partial charge on any atom is -0.395 e. The van der Waals surface area contributed by atoms with Gasteiger partial charge >= 0.3 is 0 Å². The van der Waals surface area contributed by atoms with Crippen molar-refractivity contribution in [1.29, 1.82) is 0 Å². The molecule has 1 rings (SSSR count). The monoisotopic (exact) mass is 334 g/mol. The third kappa shape index (κ3) is 7.39. The van der Waals surface area contributed by atoms with E-state index in [0.29, 0.717) is 12.8 Å². The lowest BCUT2D eigenvalue weighted by Crippen LogP contribution is -2.42. The fraction of sp³-hybridized carbons (Fsp3) is 0.444. The minimum atomic E-state index is -0.537. The maximum Gasteiger partial charge on any atom is 0.224 e. The van der Waals surface area contributed by atoms with Gasteiger partial charge in [0.1, 0.15) is 0 Å². The Morgan fingerprint density at radius 2 is 1.92 bits per heavy atom.